The molecule has 0 saturated carbocycles. The second-order valence-electron chi connectivity index (χ2n) is 5.44. The zero-order valence-corrected chi connectivity index (χ0v) is 13.6. The summed E-state index contributed by atoms with van der Waals surface area (Å²) >= 11 is 1.72. The molecule has 1 amide bonds. The second kappa shape index (κ2) is 6.37. The number of anilines is 2. The number of carbonyl (C=O) groups excluding carboxylic acids is 1. The van der Waals surface area contributed by atoms with Gasteiger partial charge >= 0.3 is 0 Å². The summed E-state index contributed by atoms with van der Waals surface area (Å²) in [6.45, 7) is 0.751. The van der Waals surface area contributed by atoms with Crippen molar-refractivity contribution in [3.8, 4) is 0 Å². The van der Waals surface area contributed by atoms with E-state index < -0.39 is 0 Å². The highest BCUT2D eigenvalue weighted by molar-refractivity contribution is 7.99. The minimum Gasteiger partial charge on any atom is -0.380 e. The lowest BCUT2D eigenvalue weighted by molar-refractivity contribution is 0.102. The first kappa shape index (κ1) is 14.8. The van der Waals surface area contributed by atoms with Crippen LogP contribution in [0.1, 0.15) is 15.9 Å². The molecule has 0 atom stereocenters. The average Bonchev–Trinajstić information content (AvgIpc) is 2.81. The van der Waals surface area contributed by atoms with E-state index in [0.29, 0.717) is 11.4 Å². The van der Waals surface area contributed by atoms with Gasteiger partial charge in [0.2, 0.25) is 0 Å². The van der Waals surface area contributed by atoms with E-state index in [4.69, 9.17) is 0 Å². The maximum atomic E-state index is 12.4. The Balaban J connectivity index is 1.59. The number of hydrogen-bond donors (Lipinski definition) is 2. The highest BCUT2D eigenvalue weighted by Gasteiger charge is 2.15. The summed E-state index contributed by atoms with van der Waals surface area (Å²) in [5.74, 6) is 0.386. The number of carbonyl (C=O) groups is 1. The predicted molar refractivity (Wildman–Crippen MR) is 96.5 cm³/mol. The largest absolute Gasteiger partial charge is 0.380 e. The zero-order chi connectivity index (χ0) is 16.4. The van der Waals surface area contributed by atoms with E-state index >= 15 is 0 Å². The van der Waals surface area contributed by atoms with Crippen LogP contribution in [0.5, 0.6) is 0 Å². The van der Waals surface area contributed by atoms with Crippen LogP contribution in [0.15, 0.2) is 76.7 Å². The Labute approximate surface area is 144 Å². The molecule has 2 N–H and O–H groups in total. The molecular weight excluding hydrogens is 318 g/mol. The van der Waals surface area contributed by atoms with Crippen LogP contribution < -0.4 is 10.6 Å². The average molecular weight is 333 g/mol. The second-order valence-corrected chi connectivity index (χ2v) is 6.53. The third-order valence-electron chi connectivity index (χ3n) is 3.81. The van der Waals surface area contributed by atoms with Gasteiger partial charge in [0.25, 0.3) is 5.91 Å². The number of pyridine rings is 1. The van der Waals surface area contributed by atoms with Crippen LogP contribution >= 0.6 is 11.8 Å². The highest BCUT2D eigenvalue weighted by Crippen LogP contribution is 2.39. The molecule has 0 bridgehead atoms. The van der Waals surface area contributed by atoms with E-state index in [1.54, 1.807) is 24.0 Å². The van der Waals surface area contributed by atoms with E-state index in [2.05, 4.69) is 27.8 Å². The number of fused-ring (bicyclic) bond motifs is 2. The van der Waals surface area contributed by atoms with Crippen LogP contribution in [0, 0.1) is 0 Å². The first-order chi connectivity index (χ1) is 11.8. The van der Waals surface area contributed by atoms with Gasteiger partial charge in [-0.2, -0.15) is 0 Å². The molecule has 1 aliphatic rings. The maximum absolute atomic E-state index is 12.4. The van der Waals surface area contributed by atoms with Gasteiger partial charge in [-0.25, -0.2) is 4.98 Å². The molecule has 2 heterocycles. The Morgan fingerprint density at radius 3 is 2.79 bits per heavy atom. The summed E-state index contributed by atoms with van der Waals surface area (Å²) < 4.78 is 0. The maximum Gasteiger partial charge on any atom is 0.256 e. The van der Waals surface area contributed by atoms with E-state index in [9.17, 15) is 4.79 Å². The molecule has 2 aromatic carbocycles. The molecule has 3 aromatic rings. The Bertz CT molecular complexity index is 896. The Morgan fingerprint density at radius 2 is 1.92 bits per heavy atom. The molecule has 0 unspecified atom stereocenters. The van der Waals surface area contributed by atoms with Crippen LogP contribution in [-0.2, 0) is 6.54 Å². The molecule has 1 aliphatic heterocycles. The van der Waals surface area contributed by atoms with Crippen molar-refractivity contribution in [2.24, 2.45) is 0 Å². The number of amides is 1. The van der Waals surface area contributed by atoms with Gasteiger partial charge in [0, 0.05) is 33.8 Å². The molecule has 4 rings (SSSR count). The normalized spacial score (nSPS) is 12.3. The molecule has 4 nitrogen and oxygen atoms in total. The van der Waals surface area contributed by atoms with Crippen molar-refractivity contribution in [3.05, 3.63) is 78.0 Å². The highest BCUT2D eigenvalue weighted by atomic mass is 32.2. The van der Waals surface area contributed by atoms with E-state index in [0.717, 1.165) is 17.1 Å². The third kappa shape index (κ3) is 2.98. The summed E-state index contributed by atoms with van der Waals surface area (Å²) in [6, 6.07) is 19.5. The number of rotatable bonds is 2. The number of hydrogen-bond acceptors (Lipinski definition) is 4. The molecule has 5 heteroatoms. The SMILES string of the molecule is O=C(Nc1ccccn1)c1ccc2c(c1)NCc1ccccc1S2. The quantitative estimate of drug-likeness (QED) is 0.729. The van der Waals surface area contributed by atoms with Crippen LogP contribution in [0.25, 0.3) is 0 Å². The number of nitrogens with one attached hydrogen (secondary N) is 2. The molecule has 0 saturated heterocycles. The lowest BCUT2D eigenvalue weighted by Gasteiger charge is -2.10. The van der Waals surface area contributed by atoms with Crippen LogP contribution in [0.4, 0.5) is 11.5 Å². The van der Waals surface area contributed by atoms with Gasteiger partial charge in [0.15, 0.2) is 0 Å². The van der Waals surface area contributed by atoms with Crippen molar-refractivity contribution < 1.29 is 4.79 Å². The Kier molecular flexibility index (Phi) is 3.92. The minimum atomic E-state index is -0.162. The van der Waals surface area contributed by atoms with E-state index in [1.807, 2.05) is 42.5 Å². The molecular formula is C19H15N3OS. The molecule has 1 aromatic heterocycles. The van der Waals surface area contributed by atoms with Crippen molar-refractivity contribution in [1.82, 2.24) is 4.98 Å². The van der Waals surface area contributed by atoms with Crippen LogP contribution in [0.3, 0.4) is 0 Å². The summed E-state index contributed by atoms with van der Waals surface area (Å²) in [5, 5.41) is 6.24. The van der Waals surface area contributed by atoms with Gasteiger partial charge in [0.05, 0.1) is 0 Å². The van der Waals surface area contributed by atoms with Gasteiger partial charge in [-0.1, -0.05) is 36.0 Å². The summed E-state index contributed by atoms with van der Waals surface area (Å²) in [6.07, 6.45) is 1.65. The molecule has 0 radical (unpaired) electrons. The Morgan fingerprint density at radius 1 is 1.04 bits per heavy atom. The first-order valence-electron chi connectivity index (χ1n) is 7.66. The van der Waals surface area contributed by atoms with Gasteiger partial charge < -0.3 is 10.6 Å². The van der Waals surface area contributed by atoms with Crippen molar-refractivity contribution in [3.63, 3.8) is 0 Å². The third-order valence-corrected chi connectivity index (χ3v) is 5.00. The number of benzene rings is 2. The smallest absolute Gasteiger partial charge is 0.256 e. The monoisotopic (exact) mass is 333 g/mol. The lowest BCUT2D eigenvalue weighted by Crippen LogP contribution is -2.13. The van der Waals surface area contributed by atoms with E-state index in [1.165, 1.54) is 10.5 Å². The molecule has 118 valence electrons. The van der Waals surface area contributed by atoms with E-state index in [-0.39, 0.29) is 5.91 Å². The Hall–Kier alpha value is -2.79. The number of aromatic nitrogens is 1. The van der Waals surface area contributed by atoms with Crippen molar-refractivity contribution in [2.45, 2.75) is 16.3 Å². The molecule has 0 fully saturated rings. The van der Waals surface area contributed by atoms with Gasteiger partial charge in [0.1, 0.15) is 5.82 Å². The fourth-order valence-electron chi connectivity index (χ4n) is 2.58. The van der Waals surface area contributed by atoms with Crippen molar-refractivity contribution >= 4 is 29.2 Å². The van der Waals surface area contributed by atoms with Gasteiger partial charge in [-0.15, -0.1) is 0 Å². The number of nitrogens with zero attached hydrogens (tertiary/aromatic N) is 1. The minimum absolute atomic E-state index is 0.162. The fraction of sp³-hybridized carbons (Fsp3) is 0.0526. The van der Waals surface area contributed by atoms with Gasteiger partial charge in [-0.3, -0.25) is 4.79 Å². The molecule has 24 heavy (non-hydrogen) atoms. The summed E-state index contributed by atoms with van der Waals surface area (Å²) in [5.41, 5.74) is 2.85. The lowest BCUT2D eigenvalue weighted by atomic mass is 10.1. The van der Waals surface area contributed by atoms with Crippen molar-refractivity contribution in [2.75, 3.05) is 10.6 Å². The fourth-order valence-corrected chi connectivity index (χ4v) is 3.61. The first-order valence-corrected chi connectivity index (χ1v) is 8.47. The van der Waals surface area contributed by atoms with Crippen LogP contribution in [0.2, 0.25) is 0 Å². The zero-order valence-electron chi connectivity index (χ0n) is 12.8. The van der Waals surface area contributed by atoms with Crippen molar-refractivity contribution in [1.29, 1.82) is 0 Å². The van der Waals surface area contributed by atoms with Gasteiger partial charge in [-0.05, 0) is 42.0 Å². The summed E-state index contributed by atoms with van der Waals surface area (Å²) in [4.78, 5) is 18.9. The molecule has 0 aliphatic carbocycles. The summed E-state index contributed by atoms with van der Waals surface area (Å²) in [7, 11) is 0. The standard InChI is InChI=1S/C19H15N3OS/c23-19(22-18-7-3-4-10-20-18)13-8-9-17-15(11-13)21-12-14-5-1-2-6-16(14)24-17/h1-11,21H,12H2,(H,20,22,23). The topological polar surface area (TPSA) is 54.0 Å². The predicted octanol–water partition coefficient (Wildman–Crippen LogP) is 4.41. The van der Waals surface area contributed by atoms with Crippen LogP contribution in [-0.4, -0.2) is 10.9 Å². The molecule has 0 spiro atoms.